The van der Waals surface area contributed by atoms with Gasteiger partial charge >= 0.3 is 0 Å². The van der Waals surface area contributed by atoms with Crippen molar-refractivity contribution in [2.75, 3.05) is 20.1 Å². The quantitative estimate of drug-likeness (QED) is 0.625. The molecule has 2 atom stereocenters. The van der Waals surface area contributed by atoms with Crippen LogP contribution in [0.5, 0.6) is 0 Å². The number of nitrogens with zero attached hydrogens (tertiary/aromatic N) is 2. The fourth-order valence-corrected chi connectivity index (χ4v) is 2.54. The Morgan fingerprint density at radius 2 is 1.87 bits per heavy atom. The summed E-state index contributed by atoms with van der Waals surface area (Å²) in [5, 5.41) is 6.71. The van der Waals surface area contributed by atoms with Gasteiger partial charge in [0.15, 0.2) is 5.96 Å². The lowest BCUT2D eigenvalue weighted by Crippen LogP contribution is -2.38. The van der Waals surface area contributed by atoms with E-state index in [9.17, 15) is 4.79 Å². The number of nitrogens with one attached hydrogen (secondary N) is 2. The zero-order chi connectivity index (χ0) is 16.8. The van der Waals surface area contributed by atoms with Gasteiger partial charge in [-0.05, 0) is 43.9 Å². The van der Waals surface area contributed by atoms with E-state index in [-0.39, 0.29) is 5.91 Å². The first-order valence-corrected chi connectivity index (χ1v) is 8.44. The Labute approximate surface area is 139 Å². The summed E-state index contributed by atoms with van der Waals surface area (Å²) in [6.45, 7) is 8.40. The van der Waals surface area contributed by atoms with E-state index in [0.717, 1.165) is 36.1 Å². The van der Waals surface area contributed by atoms with Gasteiger partial charge in [0, 0.05) is 38.3 Å². The fourth-order valence-electron chi connectivity index (χ4n) is 2.54. The molecule has 1 aromatic rings. The Morgan fingerprint density at radius 1 is 1.26 bits per heavy atom. The van der Waals surface area contributed by atoms with Crippen molar-refractivity contribution in [3.05, 3.63) is 35.4 Å². The van der Waals surface area contributed by atoms with Crippen molar-refractivity contribution in [2.24, 2.45) is 10.9 Å². The van der Waals surface area contributed by atoms with Gasteiger partial charge in [0.05, 0.1) is 0 Å². The summed E-state index contributed by atoms with van der Waals surface area (Å²) >= 11 is 0. The predicted molar refractivity (Wildman–Crippen MR) is 94.6 cm³/mol. The van der Waals surface area contributed by atoms with E-state index in [1.807, 2.05) is 43.0 Å². The SMILES string of the molecule is CCN(CC)C(=O)c1ccc(CNC(=NC)NC2CC2C)cc1. The summed E-state index contributed by atoms with van der Waals surface area (Å²) in [5.74, 6) is 1.66. The lowest BCUT2D eigenvalue weighted by atomic mass is 10.1. The molecule has 1 saturated carbocycles. The minimum absolute atomic E-state index is 0.0923. The van der Waals surface area contributed by atoms with E-state index in [1.54, 1.807) is 7.05 Å². The molecule has 0 radical (unpaired) electrons. The van der Waals surface area contributed by atoms with Gasteiger partial charge in [-0.1, -0.05) is 19.1 Å². The van der Waals surface area contributed by atoms with Crippen molar-refractivity contribution in [1.29, 1.82) is 0 Å². The third-order valence-electron chi connectivity index (χ3n) is 4.37. The summed E-state index contributed by atoms with van der Waals surface area (Å²) in [6.07, 6.45) is 1.21. The maximum atomic E-state index is 12.3. The smallest absolute Gasteiger partial charge is 0.253 e. The van der Waals surface area contributed by atoms with E-state index < -0.39 is 0 Å². The van der Waals surface area contributed by atoms with Crippen molar-refractivity contribution in [1.82, 2.24) is 15.5 Å². The fraction of sp³-hybridized carbons (Fsp3) is 0.556. The minimum atomic E-state index is 0.0923. The molecule has 0 aromatic heterocycles. The van der Waals surface area contributed by atoms with Crippen LogP contribution in [0.2, 0.25) is 0 Å². The second-order valence-electron chi connectivity index (χ2n) is 6.06. The highest BCUT2D eigenvalue weighted by atomic mass is 16.2. The highest BCUT2D eigenvalue weighted by Crippen LogP contribution is 2.28. The minimum Gasteiger partial charge on any atom is -0.353 e. The number of hydrogen-bond acceptors (Lipinski definition) is 2. The Balaban J connectivity index is 1.88. The van der Waals surface area contributed by atoms with Gasteiger partial charge in [-0.25, -0.2) is 0 Å². The molecule has 5 heteroatoms. The molecule has 1 aliphatic rings. The van der Waals surface area contributed by atoms with Crippen molar-refractivity contribution in [2.45, 2.75) is 39.8 Å². The normalized spacial score (nSPS) is 20.1. The van der Waals surface area contributed by atoms with Gasteiger partial charge in [-0.2, -0.15) is 0 Å². The largest absolute Gasteiger partial charge is 0.353 e. The predicted octanol–water partition coefficient (Wildman–Crippen LogP) is 2.24. The number of carbonyl (C=O) groups excluding carboxylic acids is 1. The molecule has 0 saturated heterocycles. The first-order valence-electron chi connectivity index (χ1n) is 8.44. The standard InChI is InChI=1S/C18H28N4O/c1-5-22(6-2)17(23)15-9-7-14(8-10-15)12-20-18(19-4)21-16-11-13(16)3/h7-10,13,16H,5-6,11-12H2,1-4H3,(H2,19,20,21). The average Bonchev–Trinajstić information content (AvgIpc) is 3.27. The third kappa shape index (κ3) is 4.71. The molecule has 23 heavy (non-hydrogen) atoms. The Hall–Kier alpha value is -2.04. The topological polar surface area (TPSA) is 56.7 Å². The molecule has 1 amide bonds. The summed E-state index contributed by atoms with van der Waals surface area (Å²) in [6, 6.07) is 8.34. The van der Waals surface area contributed by atoms with Gasteiger partial charge in [0.25, 0.3) is 5.91 Å². The molecule has 2 N–H and O–H groups in total. The molecule has 126 valence electrons. The number of amides is 1. The molecule has 1 aromatic carbocycles. The van der Waals surface area contributed by atoms with Gasteiger partial charge in [-0.15, -0.1) is 0 Å². The van der Waals surface area contributed by atoms with E-state index in [1.165, 1.54) is 6.42 Å². The Morgan fingerprint density at radius 3 is 2.35 bits per heavy atom. The van der Waals surface area contributed by atoms with Crippen LogP contribution < -0.4 is 10.6 Å². The van der Waals surface area contributed by atoms with Gasteiger partial charge in [0.1, 0.15) is 0 Å². The molecular weight excluding hydrogens is 288 g/mol. The van der Waals surface area contributed by atoms with Crippen LogP contribution in [0.3, 0.4) is 0 Å². The number of guanidine groups is 1. The summed E-state index contributed by atoms with van der Waals surface area (Å²) in [4.78, 5) is 18.3. The summed E-state index contributed by atoms with van der Waals surface area (Å²) in [7, 11) is 1.79. The van der Waals surface area contributed by atoms with Crippen LogP contribution in [0.1, 0.15) is 43.1 Å². The van der Waals surface area contributed by atoms with Crippen LogP contribution in [-0.4, -0.2) is 42.9 Å². The van der Waals surface area contributed by atoms with Crippen LogP contribution in [0.15, 0.2) is 29.3 Å². The first kappa shape index (κ1) is 17.3. The van der Waals surface area contributed by atoms with Crippen LogP contribution in [0.4, 0.5) is 0 Å². The number of benzene rings is 1. The third-order valence-corrected chi connectivity index (χ3v) is 4.37. The van der Waals surface area contributed by atoms with Crippen molar-refractivity contribution in [3.63, 3.8) is 0 Å². The van der Waals surface area contributed by atoms with Crippen LogP contribution in [-0.2, 0) is 6.54 Å². The second kappa shape index (κ2) is 7.99. The molecule has 0 heterocycles. The zero-order valence-corrected chi connectivity index (χ0v) is 14.6. The molecular formula is C18H28N4O. The van der Waals surface area contributed by atoms with Crippen molar-refractivity contribution < 1.29 is 4.79 Å². The monoisotopic (exact) mass is 316 g/mol. The van der Waals surface area contributed by atoms with E-state index in [2.05, 4.69) is 22.5 Å². The van der Waals surface area contributed by atoms with E-state index in [0.29, 0.717) is 12.6 Å². The molecule has 1 fully saturated rings. The Bertz CT molecular complexity index is 549. The van der Waals surface area contributed by atoms with Crippen molar-refractivity contribution in [3.8, 4) is 0 Å². The number of carbonyl (C=O) groups is 1. The number of aliphatic imine (C=N–C) groups is 1. The lowest BCUT2D eigenvalue weighted by Gasteiger charge is -2.18. The molecule has 0 aliphatic heterocycles. The van der Waals surface area contributed by atoms with Gasteiger partial charge in [0.2, 0.25) is 0 Å². The van der Waals surface area contributed by atoms with E-state index in [4.69, 9.17) is 0 Å². The zero-order valence-electron chi connectivity index (χ0n) is 14.6. The molecule has 0 bridgehead atoms. The maximum Gasteiger partial charge on any atom is 0.253 e. The highest BCUT2D eigenvalue weighted by molar-refractivity contribution is 5.94. The number of hydrogen-bond donors (Lipinski definition) is 2. The molecule has 2 unspecified atom stereocenters. The van der Waals surface area contributed by atoms with Crippen LogP contribution in [0.25, 0.3) is 0 Å². The second-order valence-corrected chi connectivity index (χ2v) is 6.06. The first-order chi connectivity index (χ1) is 11.1. The van der Waals surface area contributed by atoms with Crippen molar-refractivity contribution >= 4 is 11.9 Å². The van der Waals surface area contributed by atoms with Crippen LogP contribution >= 0.6 is 0 Å². The highest BCUT2D eigenvalue weighted by Gasteiger charge is 2.33. The lowest BCUT2D eigenvalue weighted by molar-refractivity contribution is 0.0773. The molecule has 5 nitrogen and oxygen atoms in total. The Kier molecular flexibility index (Phi) is 6.02. The summed E-state index contributed by atoms with van der Waals surface area (Å²) < 4.78 is 0. The van der Waals surface area contributed by atoms with Gasteiger partial charge in [-0.3, -0.25) is 9.79 Å². The van der Waals surface area contributed by atoms with E-state index >= 15 is 0 Å². The number of rotatable bonds is 6. The molecule has 1 aliphatic carbocycles. The maximum absolute atomic E-state index is 12.3. The van der Waals surface area contributed by atoms with Crippen LogP contribution in [0, 0.1) is 5.92 Å². The molecule has 0 spiro atoms. The van der Waals surface area contributed by atoms with Gasteiger partial charge < -0.3 is 15.5 Å². The molecule has 2 rings (SSSR count). The summed E-state index contributed by atoms with van der Waals surface area (Å²) in [5.41, 5.74) is 1.87. The average molecular weight is 316 g/mol.